The van der Waals surface area contributed by atoms with Crippen molar-refractivity contribution < 1.29 is 9.59 Å². The van der Waals surface area contributed by atoms with Crippen LogP contribution in [0.5, 0.6) is 0 Å². The summed E-state index contributed by atoms with van der Waals surface area (Å²) in [5.41, 5.74) is 9.06. The predicted octanol–water partition coefficient (Wildman–Crippen LogP) is 3.45. The van der Waals surface area contributed by atoms with Crippen LogP contribution in [0.15, 0.2) is 49.1 Å². The highest BCUT2D eigenvalue weighted by atomic mass is 16.2. The number of likely N-dealkylation sites (tertiary alicyclic amines) is 2. The summed E-state index contributed by atoms with van der Waals surface area (Å²) in [5.74, 6) is 0.172. The number of nitrogens with zero attached hydrogens (tertiary/aromatic N) is 3. The minimum atomic E-state index is -0.509. The number of benzene rings is 1. The smallest absolute Gasteiger partial charge is 0.252 e. The van der Waals surface area contributed by atoms with E-state index in [1.54, 1.807) is 6.07 Å². The molecule has 1 aromatic heterocycles. The third-order valence-electron chi connectivity index (χ3n) is 6.71. The first kappa shape index (κ1) is 23.0. The Morgan fingerprint density at radius 1 is 1.06 bits per heavy atom. The number of hydrogen-bond acceptors (Lipinski definition) is 5. The van der Waals surface area contributed by atoms with Gasteiger partial charge in [0, 0.05) is 36.9 Å². The van der Waals surface area contributed by atoms with Crippen molar-refractivity contribution in [1.29, 1.82) is 0 Å². The summed E-state index contributed by atoms with van der Waals surface area (Å²) >= 11 is 0. The van der Waals surface area contributed by atoms with Crippen LogP contribution in [0.4, 0.5) is 11.5 Å². The van der Waals surface area contributed by atoms with Crippen molar-refractivity contribution in [3.05, 3.63) is 65.9 Å². The molecule has 4 rings (SSSR count). The lowest BCUT2D eigenvalue weighted by atomic mass is 9.92. The quantitative estimate of drug-likeness (QED) is 0.605. The first-order valence-electron chi connectivity index (χ1n) is 11.8. The number of piperidine rings is 1. The highest BCUT2D eigenvalue weighted by molar-refractivity contribution is 5.98. The Hall–Kier alpha value is -3.19. The van der Waals surface area contributed by atoms with E-state index < -0.39 is 5.91 Å². The van der Waals surface area contributed by atoms with Gasteiger partial charge < -0.3 is 20.9 Å². The average molecular weight is 448 g/mol. The first-order chi connectivity index (χ1) is 16.0. The Morgan fingerprint density at radius 2 is 1.76 bits per heavy atom. The second-order valence-corrected chi connectivity index (χ2v) is 8.92. The van der Waals surface area contributed by atoms with E-state index in [0.717, 1.165) is 37.2 Å². The maximum atomic E-state index is 12.0. The van der Waals surface area contributed by atoms with E-state index in [9.17, 15) is 9.59 Å². The lowest BCUT2D eigenvalue weighted by molar-refractivity contribution is -0.127. The van der Waals surface area contributed by atoms with Gasteiger partial charge in [-0.3, -0.25) is 9.59 Å². The number of anilines is 2. The lowest BCUT2D eigenvalue weighted by Gasteiger charge is -2.31. The fraction of sp³-hybridized carbons (Fsp3) is 0.423. The third-order valence-corrected chi connectivity index (χ3v) is 6.71. The molecule has 0 aliphatic carbocycles. The van der Waals surface area contributed by atoms with Gasteiger partial charge in [0.25, 0.3) is 5.91 Å². The predicted molar refractivity (Wildman–Crippen MR) is 131 cm³/mol. The van der Waals surface area contributed by atoms with E-state index in [1.165, 1.54) is 37.6 Å². The summed E-state index contributed by atoms with van der Waals surface area (Å²) in [6.07, 6.45) is 6.67. The molecule has 3 N–H and O–H groups in total. The standard InChI is InChI=1S/C26H33N5O2/c1-2-24(32)31-17-12-20(13-18-31)23-10-9-22(25(27)33)26(29-23)28-21-7-5-19(6-8-21)11-16-30-14-3-4-15-30/h2,5-10,20H,1,3-4,11-18H2,(H2,27,33)(H,28,29). The minimum absolute atomic E-state index is 0.0308. The van der Waals surface area contributed by atoms with Crippen molar-refractivity contribution in [2.75, 3.05) is 38.0 Å². The summed E-state index contributed by atoms with van der Waals surface area (Å²) < 4.78 is 0. The van der Waals surface area contributed by atoms with Gasteiger partial charge in [-0.25, -0.2) is 4.98 Å². The van der Waals surface area contributed by atoms with Gasteiger partial charge in [0.05, 0.1) is 5.56 Å². The van der Waals surface area contributed by atoms with Crippen LogP contribution in [0, 0.1) is 0 Å². The number of rotatable bonds is 8. The van der Waals surface area contributed by atoms with Crippen LogP contribution in [0.3, 0.4) is 0 Å². The Labute approximate surface area is 195 Å². The van der Waals surface area contributed by atoms with E-state index in [1.807, 2.05) is 23.1 Å². The third kappa shape index (κ3) is 5.79. The number of carbonyl (C=O) groups is 2. The van der Waals surface area contributed by atoms with Crippen LogP contribution in [0.1, 0.15) is 53.2 Å². The molecule has 2 fully saturated rings. The monoisotopic (exact) mass is 447 g/mol. The maximum Gasteiger partial charge on any atom is 0.252 e. The number of carbonyl (C=O) groups excluding carboxylic acids is 2. The van der Waals surface area contributed by atoms with Crippen molar-refractivity contribution in [2.24, 2.45) is 5.73 Å². The lowest BCUT2D eigenvalue weighted by Crippen LogP contribution is -2.37. The van der Waals surface area contributed by atoms with Gasteiger partial charge in [0.15, 0.2) is 0 Å². The number of nitrogens with one attached hydrogen (secondary N) is 1. The van der Waals surface area contributed by atoms with Crippen LogP contribution < -0.4 is 11.1 Å². The van der Waals surface area contributed by atoms with Gasteiger partial charge in [-0.15, -0.1) is 0 Å². The largest absolute Gasteiger partial charge is 0.365 e. The zero-order valence-electron chi connectivity index (χ0n) is 19.1. The summed E-state index contributed by atoms with van der Waals surface area (Å²) in [7, 11) is 0. The Bertz CT molecular complexity index is 990. The fourth-order valence-corrected chi connectivity index (χ4v) is 4.71. The SMILES string of the molecule is C=CC(=O)N1CCC(c2ccc(C(N)=O)c(Nc3ccc(CCN4CCCC4)cc3)n2)CC1. The fourth-order valence-electron chi connectivity index (χ4n) is 4.71. The van der Waals surface area contributed by atoms with Crippen molar-refractivity contribution >= 4 is 23.3 Å². The summed E-state index contributed by atoms with van der Waals surface area (Å²) in [5, 5.41) is 3.29. The second kappa shape index (κ2) is 10.6. The van der Waals surface area contributed by atoms with Crippen LogP contribution >= 0.6 is 0 Å². The van der Waals surface area contributed by atoms with Crippen molar-refractivity contribution in [3.8, 4) is 0 Å². The number of pyridine rings is 1. The first-order valence-corrected chi connectivity index (χ1v) is 11.8. The summed E-state index contributed by atoms with van der Waals surface area (Å²) in [6, 6.07) is 11.9. The molecule has 0 atom stereocenters. The molecule has 7 nitrogen and oxygen atoms in total. The molecule has 2 amide bonds. The van der Waals surface area contributed by atoms with E-state index in [2.05, 4.69) is 28.9 Å². The Balaban J connectivity index is 1.43. The van der Waals surface area contributed by atoms with Crippen molar-refractivity contribution in [2.45, 2.75) is 38.0 Å². The van der Waals surface area contributed by atoms with Gasteiger partial charge in [-0.2, -0.15) is 0 Å². The molecule has 174 valence electrons. The van der Waals surface area contributed by atoms with Gasteiger partial charge >= 0.3 is 0 Å². The highest BCUT2D eigenvalue weighted by Crippen LogP contribution is 2.29. The molecule has 0 unspecified atom stereocenters. The molecular weight excluding hydrogens is 414 g/mol. The molecule has 33 heavy (non-hydrogen) atoms. The number of hydrogen-bond donors (Lipinski definition) is 2. The minimum Gasteiger partial charge on any atom is -0.365 e. The number of aromatic nitrogens is 1. The number of nitrogens with two attached hydrogens (primary N) is 1. The van der Waals surface area contributed by atoms with Crippen molar-refractivity contribution in [1.82, 2.24) is 14.8 Å². The van der Waals surface area contributed by atoms with E-state index in [4.69, 9.17) is 10.7 Å². The van der Waals surface area contributed by atoms with Crippen LogP contribution in [0.25, 0.3) is 0 Å². The molecule has 0 radical (unpaired) electrons. The molecule has 7 heteroatoms. The summed E-state index contributed by atoms with van der Waals surface area (Å²) in [4.78, 5) is 32.9. The molecule has 0 saturated carbocycles. The molecule has 0 bridgehead atoms. The van der Waals surface area contributed by atoms with Crippen LogP contribution in [-0.2, 0) is 11.2 Å². The van der Waals surface area contributed by atoms with Gasteiger partial charge in [-0.05, 0) is 81.1 Å². The van der Waals surface area contributed by atoms with Gasteiger partial charge in [0.1, 0.15) is 5.82 Å². The summed E-state index contributed by atoms with van der Waals surface area (Å²) in [6.45, 7) is 8.44. The van der Waals surface area contributed by atoms with E-state index in [0.29, 0.717) is 24.5 Å². The maximum absolute atomic E-state index is 12.0. The zero-order chi connectivity index (χ0) is 23.2. The van der Waals surface area contributed by atoms with Gasteiger partial charge in [0.2, 0.25) is 5.91 Å². The second-order valence-electron chi connectivity index (χ2n) is 8.92. The zero-order valence-corrected chi connectivity index (χ0v) is 19.1. The molecule has 2 aliphatic heterocycles. The topological polar surface area (TPSA) is 91.6 Å². The van der Waals surface area contributed by atoms with Gasteiger partial charge in [-0.1, -0.05) is 18.7 Å². The van der Waals surface area contributed by atoms with Crippen LogP contribution in [-0.4, -0.2) is 59.3 Å². The highest BCUT2D eigenvalue weighted by Gasteiger charge is 2.24. The normalized spacial score (nSPS) is 17.2. The molecule has 2 aliphatic rings. The molecule has 3 heterocycles. The molecule has 2 aromatic rings. The Kier molecular flexibility index (Phi) is 7.40. The number of amides is 2. The number of primary amides is 1. The van der Waals surface area contributed by atoms with E-state index in [-0.39, 0.29) is 11.8 Å². The van der Waals surface area contributed by atoms with Crippen LogP contribution in [0.2, 0.25) is 0 Å². The Morgan fingerprint density at radius 3 is 2.39 bits per heavy atom. The molecule has 2 saturated heterocycles. The molecular formula is C26H33N5O2. The van der Waals surface area contributed by atoms with Crippen molar-refractivity contribution in [3.63, 3.8) is 0 Å². The molecule has 0 spiro atoms. The van der Waals surface area contributed by atoms with E-state index >= 15 is 0 Å². The average Bonchev–Trinajstić information content (AvgIpc) is 3.37. The molecule has 1 aromatic carbocycles.